The van der Waals surface area contributed by atoms with Crippen LogP contribution in [0, 0.1) is 17.0 Å². The van der Waals surface area contributed by atoms with Gasteiger partial charge in [-0.15, -0.1) is 11.3 Å². The van der Waals surface area contributed by atoms with Crippen LogP contribution in [-0.2, 0) is 94.6 Å². The van der Waals surface area contributed by atoms with E-state index in [4.69, 9.17) is 4.74 Å². The summed E-state index contributed by atoms with van der Waals surface area (Å²) in [6.07, 6.45) is 8.76. The minimum Gasteiger partial charge on any atom is -0.497 e. The molecule has 762 valence electrons. The number of thiophene rings is 1. The highest BCUT2D eigenvalue weighted by molar-refractivity contribution is 7.91. The van der Waals surface area contributed by atoms with Gasteiger partial charge in [-0.3, -0.25) is 48.5 Å². The standard InChI is InChI=1S/C33H31N3O4.C32H30N2O4S.C31H27N3O6S.C22H20N2O4S2/c1-40-25-16-14-24(15-17-25)34-33(39)35-19-6-5-12-28(35)30(37)20-23-13-18-29-31-26(23)10-7-11-27(31)32(38)36(29)21-22-8-3-2-4-9-22;1-22-13-16-25(17-14-22)39(37,38)34-19-6-5-12-28(34)30(35)20-24-15-18-29-31-26(24)10-7-11-27(31)32(36)33(29)21-23-8-3-2-4-9-23;35-29(27-11-4-5-18-33(27)41(39,40)24-15-13-23(14-16-24)34(37)38)19-22-12-17-28-30-25(22)9-6-10-26(30)31(36)32(28)20-21-7-2-1-3-8-21;25-19(18-7-1-2-11-24(18)30(27,28)20-8-4-12-29-20)13-14-9-10-17-21-15(14)5-3-6-16(21)22(26)23-17/h2-4,7-11,13-18,28H,5-6,12,19-21H2,1H3,(H,34,39);2-4,7-11,13-18,28H,5-6,12,19-21H2,1H3;1-3,6-10,12-17,27H,4-5,11,18-20H2;3-6,8-10,12,18H,1-2,7,11,13H2,(H,23,26). The van der Waals surface area contributed by atoms with E-state index >= 15 is 0 Å². The minimum atomic E-state index is -4.04. The molecule has 14 aromatic carbocycles. The number of ether oxygens (including phenoxy) is 1. The van der Waals surface area contributed by atoms with E-state index in [1.165, 1.54) is 36.4 Å². The van der Waals surface area contributed by atoms with Crippen LogP contribution >= 0.6 is 11.3 Å². The van der Waals surface area contributed by atoms with Crippen molar-refractivity contribution in [2.45, 2.75) is 167 Å². The van der Waals surface area contributed by atoms with E-state index in [1.807, 2.05) is 212 Å². The summed E-state index contributed by atoms with van der Waals surface area (Å²) in [5.41, 5.74) is 13.5. The van der Waals surface area contributed by atoms with Gasteiger partial charge in [-0.05, 0) is 234 Å². The van der Waals surface area contributed by atoms with Gasteiger partial charge >= 0.3 is 6.03 Å². The second-order valence-electron chi connectivity index (χ2n) is 38.8. The van der Waals surface area contributed by atoms with Crippen molar-refractivity contribution in [2.75, 3.05) is 58.6 Å². The number of aryl methyl sites for hydroxylation is 1. The molecule has 15 aromatic rings. The number of sulfonamides is 3. The predicted molar refractivity (Wildman–Crippen MR) is 579 cm³/mol. The highest BCUT2D eigenvalue weighted by Gasteiger charge is 2.44. The smallest absolute Gasteiger partial charge is 0.322 e. The topological polar surface area (TPSA) is 355 Å². The number of ketones is 4. The summed E-state index contributed by atoms with van der Waals surface area (Å²) in [7, 11) is -9.92. The molecule has 6 amide bonds. The summed E-state index contributed by atoms with van der Waals surface area (Å²) in [6.45, 7) is 4.72. The van der Waals surface area contributed by atoms with Gasteiger partial charge in [0.15, 0.2) is 23.1 Å². The van der Waals surface area contributed by atoms with Crippen LogP contribution in [0.2, 0.25) is 0 Å². The Hall–Kier alpha value is -15.4. The van der Waals surface area contributed by atoms with Gasteiger partial charge in [-0.2, -0.15) is 12.9 Å². The number of hydrogen-bond acceptors (Lipinski definition) is 19. The number of nitro groups is 1. The number of benzene rings is 14. The predicted octanol–water partition coefficient (Wildman–Crippen LogP) is 21.0. The molecule has 0 saturated carbocycles. The molecule has 32 heteroatoms. The van der Waals surface area contributed by atoms with E-state index in [9.17, 15) is 78.5 Å². The first-order chi connectivity index (χ1) is 72.6. The second kappa shape index (κ2) is 43.4. The van der Waals surface area contributed by atoms with E-state index in [0.717, 1.165) is 167 Å². The van der Waals surface area contributed by atoms with Gasteiger partial charge in [0, 0.05) is 119 Å². The van der Waals surface area contributed by atoms with Crippen LogP contribution in [0.5, 0.6) is 5.75 Å². The number of urea groups is 1. The van der Waals surface area contributed by atoms with Gasteiger partial charge in [0.1, 0.15) is 9.96 Å². The lowest BCUT2D eigenvalue weighted by molar-refractivity contribution is -0.384. The van der Waals surface area contributed by atoms with E-state index in [-0.39, 0.29) is 105 Å². The summed E-state index contributed by atoms with van der Waals surface area (Å²) in [6, 6.07) is 86.1. The zero-order chi connectivity index (χ0) is 104. The van der Waals surface area contributed by atoms with Crippen LogP contribution in [0.15, 0.2) is 317 Å². The van der Waals surface area contributed by atoms with E-state index in [1.54, 1.807) is 100.0 Å². The summed E-state index contributed by atoms with van der Waals surface area (Å²) in [5, 5.41) is 25.4. The molecule has 4 atom stereocenters. The number of amides is 6. The Morgan fingerprint density at radius 1 is 0.387 bits per heavy atom. The van der Waals surface area contributed by atoms with E-state index < -0.39 is 59.2 Å². The molecule has 8 aliphatic rings. The highest BCUT2D eigenvalue weighted by atomic mass is 32.2. The quantitative estimate of drug-likeness (QED) is 0.0357. The number of piperidine rings is 4. The first-order valence-corrected chi connectivity index (χ1v) is 55.6. The molecule has 0 spiro atoms. The molecule has 4 saturated heterocycles. The number of nitrogens with zero attached hydrogens (tertiary/aromatic N) is 8. The van der Waals surface area contributed by atoms with Crippen molar-refractivity contribution in [1.82, 2.24) is 17.8 Å². The molecule has 0 aliphatic carbocycles. The monoisotopic (exact) mass is 2080 g/mol. The van der Waals surface area contributed by atoms with Gasteiger partial charge in [0.2, 0.25) is 20.0 Å². The van der Waals surface area contributed by atoms with Gasteiger partial charge in [-0.1, -0.05) is 207 Å². The fourth-order valence-electron chi connectivity index (χ4n) is 22.0. The molecular weight excluding hydrogens is 1970 g/mol. The van der Waals surface area contributed by atoms with Crippen molar-refractivity contribution in [3.63, 3.8) is 0 Å². The third kappa shape index (κ3) is 20.4. The molecule has 0 bridgehead atoms. The van der Waals surface area contributed by atoms with Gasteiger partial charge < -0.3 is 35.0 Å². The van der Waals surface area contributed by atoms with Gasteiger partial charge in [0.05, 0.1) is 82.7 Å². The zero-order valence-electron chi connectivity index (χ0n) is 82.5. The van der Waals surface area contributed by atoms with Crippen LogP contribution in [0.1, 0.15) is 163 Å². The number of nitro benzene ring substituents is 1. The first kappa shape index (κ1) is 102. The summed E-state index contributed by atoms with van der Waals surface area (Å²) >= 11 is 1.17. The number of Topliss-reactive ketones (excluding diaryl/α,β-unsaturated/α-hetero) is 4. The lowest BCUT2D eigenvalue weighted by Crippen LogP contribution is -2.50. The molecule has 28 nitrogen and oxygen atoms in total. The number of carbonyl (C=O) groups is 9. The maximum absolute atomic E-state index is 13.7. The summed E-state index contributed by atoms with van der Waals surface area (Å²) in [4.78, 5) is 137. The van der Waals surface area contributed by atoms with Crippen molar-refractivity contribution in [1.29, 1.82) is 0 Å². The van der Waals surface area contributed by atoms with Crippen molar-refractivity contribution < 1.29 is 78.1 Å². The van der Waals surface area contributed by atoms with Crippen LogP contribution < -0.4 is 30.1 Å². The third-order valence-corrected chi connectivity index (χ3v) is 36.7. The molecule has 4 unspecified atom stereocenters. The van der Waals surface area contributed by atoms with Gasteiger partial charge in [0.25, 0.3) is 39.3 Å². The molecule has 1 aromatic heterocycles. The Kier molecular flexibility index (Phi) is 29.5. The summed E-state index contributed by atoms with van der Waals surface area (Å²) in [5.74, 6) is -0.0296. The Morgan fingerprint density at radius 2 is 0.753 bits per heavy atom. The number of non-ortho nitro benzene ring substituents is 1. The van der Waals surface area contributed by atoms with Crippen molar-refractivity contribution in [3.05, 3.63) is 380 Å². The van der Waals surface area contributed by atoms with Crippen LogP contribution in [0.25, 0.3) is 43.1 Å². The zero-order valence-corrected chi connectivity index (χ0v) is 85.8. The van der Waals surface area contributed by atoms with E-state index in [2.05, 4.69) is 10.6 Å². The Bertz CT molecular complexity index is 8230. The Balaban J connectivity index is 0.000000122. The second-order valence-corrected chi connectivity index (χ2v) is 45.7. The Morgan fingerprint density at radius 3 is 1.15 bits per heavy atom. The average molecular weight is 2080 g/mol. The lowest BCUT2D eigenvalue weighted by atomic mass is 9.92. The number of anilines is 5. The minimum absolute atomic E-state index is 0.00995. The number of carbonyl (C=O) groups excluding carboxylic acids is 9. The maximum atomic E-state index is 13.7. The van der Waals surface area contributed by atoms with Gasteiger partial charge in [-0.25, -0.2) is 30.0 Å². The molecule has 4 fully saturated rings. The van der Waals surface area contributed by atoms with Crippen LogP contribution in [0.3, 0.4) is 0 Å². The molecule has 0 radical (unpaired) electrons. The molecule has 23 rings (SSSR count). The molecule has 150 heavy (non-hydrogen) atoms. The van der Waals surface area contributed by atoms with E-state index in [0.29, 0.717) is 105 Å². The number of rotatable bonds is 27. The van der Waals surface area contributed by atoms with Crippen LogP contribution in [0.4, 0.5) is 38.9 Å². The van der Waals surface area contributed by atoms with Crippen molar-refractivity contribution >= 4 is 171 Å². The average Bonchev–Trinajstić information content (AvgIpc) is 1.61. The highest BCUT2D eigenvalue weighted by Crippen LogP contribution is 2.46. The van der Waals surface area contributed by atoms with Crippen molar-refractivity contribution in [2.24, 2.45) is 0 Å². The molecule has 8 aliphatic heterocycles. The third-order valence-electron chi connectivity index (χ3n) is 29.6. The largest absolute Gasteiger partial charge is 0.497 e. The molecule has 2 N–H and O–H groups in total. The SMILES string of the molecule is COc1ccc(NC(=O)N2CCCCC2C(=O)Cc2ccc3c4c(cccc24)C(=O)N3Cc2ccccc2)cc1.Cc1ccc(S(=O)(=O)N2CCCCC2C(=O)Cc2ccc3c4c(cccc24)C(=O)N3Cc2ccccc2)cc1.O=C(Cc1ccc2c3c(cccc13)C(=O)N2Cc1ccccc1)C1CCCCN1S(=O)(=O)c1ccc([N+](=O)[O-])cc1.O=C1Nc2ccc(CC(=O)C3CCCCN3S(=O)(=O)c3cccs3)c3cccc1c23. The maximum Gasteiger partial charge on any atom is 0.322 e. The number of nitrogens with one attached hydrogen (secondary N) is 2. The van der Waals surface area contributed by atoms with Crippen molar-refractivity contribution in [3.8, 4) is 5.75 Å². The number of hydrogen-bond donors (Lipinski definition) is 2. The lowest BCUT2D eigenvalue weighted by Gasteiger charge is -2.35. The fourth-order valence-corrected chi connectivity index (χ4v) is 28.2. The first-order valence-electron chi connectivity index (χ1n) is 50.4. The molecular formula is C118H108N10O18S4. The molecule has 9 heterocycles. The number of likely N-dealkylation sites (tertiary alicyclic amines) is 1. The normalized spacial score (nSPS) is 17.5. The Labute approximate surface area is 872 Å². The van der Waals surface area contributed by atoms with Crippen LogP contribution in [-0.4, -0.2) is 158 Å². The summed E-state index contributed by atoms with van der Waals surface area (Å²) < 4.78 is 89.8. The number of methoxy groups -OCH3 is 1. The fraction of sp³-hybridized carbons (Fsp3) is 0.246.